The Morgan fingerprint density at radius 3 is 2.71 bits per heavy atom. The van der Waals surface area contributed by atoms with Crippen LogP contribution in [-0.4, -0.2) is 30.5 Å². The number of rotatable bonds is 5. The van der Waals surface area contributed by atoms with Crippen LogP contribution in [-0.2, 0) is 9.84 Å². The molecule has 1 aromatic carbocycles. The van der Waals surface area contributed by atoms with Gasteiger partial charge in [0.15, 0.2) is 9.84 Å². The van der Waals surface area contributed by atoms with Crippen molar-refractivity contribution >= 4 is 21.4 Å². The van der Waals surface area contributed by atoms with E-state index in [0.717, 1.165) is 6.42 Å². The molecule has 0 amide bonds. The standard InChI is InChI=1S/C16H17ClN2O4S/c17-13-3-1-2-4-14(13)24(21,22)12-6-5-11(9-12)10-23-16-8-7-15(20)18-19-16/h1-4,7-8,11-12H,5-6,9-10H2,(H,18,20)/t11-,12-/m1/s1. The molecule has 0 radical (unpaired) electrons. The van der Waals surface area contributed by atoms with E-state index >= 15 is 0 Å². The Morgan fingerprint density at radius 1 is 1.21 bits per heavy atom. The SMILES string of the molecule is O=c1ccc(OC[C@@H]2CC[C@@H](S(=O)(=O)c3ccccc3Cl)C2)n[nH]1. The molecule has 1 aromatic heterocycles. The summed E-state index contributed by atoms with van der Waals surface area (Å²) in [4.78, 5) is 11.1. The Labute approximate surface area is 144 Å². The van der Waals surface area contributed by atoms with Gasteiger partial charge in [-0.15, -0.1) is 5.10 Å². The smallest absolute Gasteiger partial charge is 0.264 e. The number of benzene rings is 1. The van der Waals surface area contributed by atoms with E-state index in [9.17, 15) is 13.2 Å². The van der Waals surface area contributed by atoms with Crippen molar-refractivity contribution < 1.29 is 13.2 Å². The van der Waals surface area contributed by atoms with E-state index in [1.165, 1.54) is 12.1 Å². The number of nitrogens with one attached hydrogen (secondary N) is 1. The quantitative estimate of drug-likeness (QED) is 0.875. The molecule has 0 bridgehead atoms. The molecule has 8 heteroatoms. The number of hydrogen-bond acceptors (Lipinski definition) is 5. The Bertz CT molecular complexity index is 861. The van der Waals surface area contributed by atoms with Gasteiger partial charge in [0.05, 0.1) is 21.8 Å². The van der Waals surface area contributed by atoms with Crippen LogP contribution in [0.3, 0.4) is 0 Å². The minimum atomic E-state index is -3.44. The fourth-order valence-electron chi connectivity index (χ4n) is 2.93. The van der Waals surface area contributed by atoms with Crippen molar-refractivity contribution in [3.63, 3.8) is 0 Å². The first-order chi connectivity index (χ1) is 11.5. The van der Waals surface area contributed by atoms with Gasteiger partial charge in [0.1, 0.15) is 0 Å². The molecule has 6 nitrogen and oxygen atoms in total. The zero-order chi connectivity index (χ0) is 17.2. The first-order valence-electron chi connectivity index (χ1n) is 7.64. The first kappa shape index (κ1) is 17.0. The predicted octanol–water partition coefficient (Wildman–Crippen LogP) is 2.44. The van der Waals surface area contributed by atoms with Gasteiger partial charge in [-0.2, -0.15) is 0 Å². The summed E-state index contributed by atoms with van der Waals surface area (Å²) < 4.78 is 31.0. The summed E-state index contributed by atoms with van der Waals surface area (Å²) in [6.45, 7) is 0.369. The lowest BCUT2D eigenvalue weighted by Crippen LogP contribution is -2.20. The highest BCUT2D eigenvalue weighted by Crippen LogP contribution is 2.36. The molecule has 0 spiro atoms. The second kappa shape index (κ2) is 6.94. The van der Waals surface area contributed by atoms with Gasteiger partial charge in [0.2, 0.25) is 5.88 Å². The normalized spacial score (nSPS) is 20.9. The van der Waals surface area contributed by atoms with Crippen molar-refractivity contribution in [1.82, 2.24) is 10.2 Å². The molecule has 1 N–H and O–H groups in total. The third kappa shape index (κ3) is 3.62. The molecule has 1 aliphatic rings. The molecule has 24 heavy (non-hydrogen) atoms. The lowest BCUT2D eigenvalue weighted by Gasteiger charge is -2.14. The fraction of sp³-hybridized carbons (Fsp3) is 0.375. The number of ether oxygens (including phenoxy) is 1. The number of halogens is 1. The van der Waals surface area contributed by atoms with Gasteiger partial charge in [-0.05, 0) is 37.3 Å². The van der Waals surface area contributed by atoms with Crippen molar-refractivity contribution in [1.29, 1.82) is 0 Å². The minimum absolute atomic E-state index is 0.126. The molecule has 0 unspecified atom stereocenters. The van der Waals surface area contributed by atoms with Crippen LogP contribution in [0.1, 0.15) is 19.3 Å². The summed E-state index contributed by atoms with van der Waals surface area (Å²) in [5, 5.41) is 5.88. The zero-order valence-corrected chi connectivity index (χ0v) is 14.4. The lowest BCUT2D eigenvalue weighted by atomic mass is 10.1. The van der Waals surface area contributed by atoms with Gasteiger partial charge in [-0.1, -0.05) is 23.7 Å². The van der Waals surface area contributed by atoms with Gasteiger partial charge in [-0.25, -0.2) is 13.5 Å². The highest BCUT2D eigenvalue weighted by Gasteiger charge is 2.36. The predicted molar refractivity (Wildman–Crippen MR) is 90.1 cm³/mol. The van der Waals surface area contributed by atoms with Crippen LogP contribution in [0.5, 0.6) is 5.88 Å². The maximum absolute atomic E-state index is 12.7. The summed E-state index contributed by atoms with van der Waals surface area (Å²) in [6, 6.07) is 9.35. The largest absolute Gasteiger partial charge is 0.476 e. The first-order valence-corrected chi connectivity index (χ1v) is 9.56. The van der Waals surface area contributed by atoms with Crippen molar-refractivity contribution in [3.8, 4) is 5.88 Å². The number of hydrogen-bond donors (Lipinski definition) is 1. The van der Waals surface area contributed by atoms with Crippen LogP contribution < -0.4 is 10.3 Å². The fourth-order valence-corrected chi connectivity index (χ4v) is 5.33. The number of sulfone groups is 1. The van der Waals surface area contributed by atoms with Crippen LogP contribution in [0.4, 0.5) is 0 Å². The molecule has 1 heterocycles. The van der Waals surface area contributed by atoms with Crippen molar-refractivity contribution in [3.05, 3.63) is 51.8 Å². The molecule has 1 saturated carbocycles. The molecule has 1 aliphatic carbocycles. The number of H-pyrrole nitrogens is 1. The molecule has 2 atom stereocenters. The van der Waals surface area contributed by atoms with Crippen LogP contribution in [0.2, 0.25) is 5.02 Å². The Kier molecular flexibility index (Phi) is 4.91. The second-order valence-corrected chi connectivity index (χ2v) is 8.45. The van der Waals surface area contributed by atoms with Crippen LogP contribution >= 0.6 is 11.6 Å². The summed E-state index contributed by atoms with van der Waals surface area (Å²) in [5.41, 5.74) is -0.297. The zero-order valence-electron chi connectivity index (χ0n) is 12.8. The summed E-state index contributed by atoms with van der Waals surface area (Å²) in [7, 11) is -3.44. The van der Waals surface area contributed by atoms with E-state index in [1.807, 2.05) is 0 Å². The molecule has 128 valence electrons. The molecule has 0 aliphatic heterocycles. The van der Waals surface area contributed by atoms with E-state index < -0.39 is 15.1 Å². The van der Waals surface area contributed by atoms with E-state index in [2.05, 4.69) is 10.2 Å². The van der Waals surface area contributed by atoms with Crippen LogP contribution in [0.15, 0.2) is 46.1 Å². The Hall–Kier alpha value is -1.86. The van der Waals surface area contributed by atoms with Gasteiger partial charge in [-0.3, -0.25) is 4.79 Å². The minimum Gasteiger partial charge on any atom is -0.476 e. The third-order valence-electron chi connectivity index (χ3n) is 4.20. The average molecular weight is 369 g/mol. The van der Waals surface area contributed by atoms with Crippen LogP contribution in [0.25, 0.3) is 0 Å². The maximum Gasteiger partial charge on any atom is 0.264 e. The topological polar surface area (TPSA) is 89.1 Å². The van der Waals surface area contributed by atoms with Gasteiger partial charge in [0, 0.05) is 12.1 Å². The van der Waals surface area contributed by atoms with Crippen LogP contribution in [0, 0.1) is 5.92 Å². The molecule has 3 rings (SSSR count). The molecule has 1 fully saturated rings. The van der Waals surface area contributed by atoms with Gasteiger partial charge < -0.3 is 4.74 Å². The maximum atomic E-state index is 12.7. The average Bonchev–Trinajstić information content (AvgIpc) is 3.04. The van der Waals surface area contributed by atoms with Crippen molar-refractivity contribution in [2.75, 3.05) is 6.61 Å². The highest BCUT2D eigenvalue weighted by atomic mass is 35.5. The summed E-state index contributed by atoms with van der Waals surface area (Å²) >= 11 is 6.04. The number of aromatic amines is 1. The Morgan fingerprint density at radius 2 is 2.00 bits per heavy atom. The number of aromatic nitrogens is 2. The van der Waals surface area contributed by atoms with E-state index in [0.29, 0.717) is 25.3 Å². The van der Waals surface area contributed by atoms with Crippen molar-refractivity contribution in [2.45, 2.75) is 29.4 Å². The molecule has 0 saturated heterocycles. The second-order valence-electron chi connectivity index (χ2n) is 5.85. The van der Waals surface area contributed by atoms with E-state index in [-0.39, 0.29) is 21.4 Å². The molecular formula is C16H17ClN2O4S. The molecule has 2 aromatic rings. The Balaban J connectivity index is 1.63. The highest BCUT2D eigenvalue weighted by molar-refractivity contribution is 7.92. The van der Waals surface area contributed by atoms with E-state index in [1.54, 1.807) is 24.3 Å². The van der Waals surface area contributed by atoms with Gasteiger partial charge >= 0.3 is 0 Å². The third-order valence-corrected chi connectivity index (χ3v) is 6.91. The van der Waals surface area contributed by atoms with E-state index in [4.69, 9.17) is 16.3 Å². The van der Waals surface area contributed by atoms with Gasteiger partial charge in [0.25, 0.3) is 5.56 Å². The monoisotopic (exact) mass is 368 g/mol. The molecular weight excluding hydrogens is 352 g/mol. The summed E-state index contributed by atoms with van der Waals surface area (Å²) in [6.07, 6.45) is 1.87. The number of nitrogens with zero attached hydrogens (tertiary/aromatic N) is 1. The lowest BCUT2D eigenvalue weighted by molar-refractivity contribution is 0.241. The summed E-state index contributed by atoms with van der Waals surface area (Å²) in [5.74, 6) is 0.452. The van der Waals surface area contributed by atoms with Crippen molar-refractivity contribution in [2.24, 2.45) is 5.92 Å².